The summed E-state index contributed by atoms with van der Waals surface area (Å²) in [5, 5.41) is 13.6. The number of rotatable bonds is 8. The number of nitrogens with one attached hydrogen (secondary N) is 1. The summed E-state index contributed by atoms with van der Waals surface area (Å²) in [4.78, 5) is 0. The van der Waals surface area contributed by atoms with Gasteiger partial charge in [-0.15, -0.1) is 0 Å². The van der Waals surface area contributed by atoms with E-state index in [1.54, 1.807) is 0 Å². The van der Waals surface area contributed by atoms with E-state index >= 15 is 0 Å². The first-order valence-electron chi connectivity index (χ1n) is 7.25. The maximum atomic E-state index is 8.73. The van der Waals surface area contributed by atoms with Crippen molar-refractivity contribution in [2.45, 2.75) is 39.3 Å². The van der Waals surface area contributed by atoms with E-state index in [0.29, 0.717) is 6.61 Å². The highest BCUT2D eigenvalue weighted by molar-refractivity contribution is 5.83. The van der Waals surface area contributed by atoms with E-state index in [9.17, 15) is 0 Å². The van der Waals surface area contributed by atoms with Gasteiger partial charge in [0.1, 0.15) is 0 Å². The summed E-state index contributed by atoms with van der Waals surface area (Å²) in [6, 6.07) is 8.58. The lowest BCUT2D eigenvalue weighted by atomic mass is 10.2. The average Bonchev–Trinajstić information content (AvgIpc) is 2.81. The van der Waals surface area contributed by atoms with Gasteiger partial charge in [-0.1, -0.05) is 18.2 Å². The molecule has 0 aliphatic heterocycles. The van der Waals surface area contributed by atoms with Crippen molar-refractivity contribution < 1.29 is 5.11 Å². The highest BCUT2D eigenvalue weighted by atomic mass is 16.2. The molecule has 0 saturated carbocycles. The van der Waals surface area contributed by atoms with Crippen LogP contribution < -0.4 is 5.32 Å². The van der Waals surface area contributed by atoms with Crippen LogP contribution in [0.1, 0.15) is 31.7 Å². The second kappa shape index (κ2) is 7.31. The fraction of sp³-hybridized carbons (Fsp3) is 0.500. The Kier molecular flexibility index (Phi) is 5.43. The van der Waals surface area contributed by atoms with Crippen LogP contribution in [0.4, 0.5) is 0 Å². The van der Waals surface area contributed by atoms with Crippen molar-refractivity contribution in [2.75, 3.05) is 13.2 Å². The molecule has 1 heterocycles. The summed E-state index contributed by atoms with van der Waals surface area (Å²) in [7, 11) is 0. The Bertz CT molecular complexity index is 504. The number of para-hydroxylation sites is 1. The second-order valence-corrected chi connectivity index (χ2v) is 4.92. The Labute approximate surface area is 115 Å². The third-order valence-electron chi connectivity index (χ3n) is 3.54. The smallest absolute Gasteiger partial charge is 0.0483 e. The van der Waals surface area contributed by atoms with Crippen molar-refractivity contribution in [3.8, 4) is 0 Å². The van der Waals surface area contributed by atoms with Crippen molar-refractivity contribution in [3.63, 3.8) is 0 Å². The van der Waals surface area contributed by atoms with Crippen LogP contribution in [0.5, 0.6) is 0 Å². The molecule has 0 unspecified atom stereocenters. The Morgan fingerprint density at radius 1 is 1.16 bits per heavy atom. The van der Waals surface area contributed by atoms with Gasteiger partial charge in [0.05, 0.1) is 0 Å². The lowest BCUT2D eigenvalue weighted by Gasteiger charge is -2.03. The zero-order chi connectivity index (χ0) is 13.5. The molecule has 0 aliphatic carbocycles. The number of benzene rings is 1. The zero-order valence-electron chi connectivity index (χ0n) is 11.7. The largest absolute Gasteiger partial charge is 0.396 e. The van der Waals surface area contributed by atoms with Gasteiger partial charge in [-0.2, -0.15) is 0 Å². The van der Waals surface area contributed by atoms with Gasteiger partial charge in [0.25, 0.3) is 0 Å². The highest BCUT2D eigenvalue weighted by Crippen LogP contribution is 2.21. The molecule has 0 saturated heterocycles. The number of fused-ring (bicyclic) bond motifs is 1. The molecule has 2 rings (SSSR count). The second-order valence-electron chi connectivity index (χ2n) is 4.92. The lowest BCUT2D eigenvalue weighted by molar-refractivity contribution is 0.283. The molecule has 104 valence electrons. The van der Waals surface area contributed by atoms with Gasteiger partial charge in [-0.3, -0.25) is 0 Å². The minimum Gasteiger partial charge on any atom is -0.396 e. The van der Waals surface area contributed by atoms with Crippen LogP contribution in [0.2, 0.25) is 0 Å². The molecule has 19 heavy (non-hydrogen) atoms. The van der Waals surface area contributed by atoms with E-state index < -0.39 is 0 Å². The van der Waals surface area contributed by atoms with E-state index in [1.807, 2.05) is 0 Å². The van der Waals surface area contributed by atoms with Crippen LogP contribution in [0, 0.1) is 0 Å². The number of nitrogens with zero attached hydrogens (tertiary/aromatic N) is 1. The number of hydrogen-bond acceptors (Lipinski definition) is 2. The Morgan fingerprint density at radius 3 is 2.79 bits per heavy atom. The van der Waals surface area contributed by atoms with E-state index in [2.05, 4.69) is 47.3 Å². The van der Waals surface area contributed by atoms with E-state index in [4.69, 9.17) is 5.11 Å². The van der Waals surface area contributed by atoms with Crippen LogP contribution in [0.3, 0.4) is 0 Å². The molecule has 2 aromatic rings. The number of aliphatic hydroxyl groups is 1. The SMILES string of the molecule is CCn1cc(CNCCCCCO)c2ccccc21. The minimum atomic E-state index is 0.310. The summed E-state index contributed by atoms with van der Waals surface area (Å²) in [6.45, 7) is 5.44. The summed E-state index contributed by atoms with van der Waals surface area (Å²) in [6.07, 6.45) is 5.40. The standard InChI is InChI=1S/C16H24N2O/c1-2-18-13-14(12-17-10-6-3-7-11-19)15-8-4-5-9-16(15)18/h4-5,8-9,13,17,19H,2-3,6-7,10-12H2,1H3. The number of unbranched alkanes of at least 4 members (excludes halogenated alkanes) is 2. The van der Waals surface area contributed by atoms with Crippen molar-refractivity contribution in [2.24, 2.45) is 0 Å². The summed E-state index contributed by atoms with van der Waals surface area (Å²) in [5.41, 5.74) is 2.70. The van der Waals surface area contributed by atoms with Gasteiger partial charge in [0.2, 0.25) is 0 Å². The molecule has 0 aliphatic rings. The fourth-order valence-corrected chi connectivity index (χ4v) is 2.49. The third kappa shape index (κ3) is 3.58. The normalized spacial score (nSPS) is 11.3. The van der Waals surface area contributed by atoms with Gasteiger partial charge in [-0.05, 0) is 44.4 Å². The highest BCUT2D eigenvalue weighted by Gasteiger charge is 2.06. The number of aryl methyl sites for hydroxylation is 1. The lowest BCUT2D eigenvalue weighted by Crippen LogP contribution is -2.14. The van der Waals surface area contributed by atoms with E-state index in [-0.39, 0.29) is 0 Å². The zero-order valence-corrected chi connectivity index (χ0v) is 11.7. The Hall–Kier alpha value is -1.32. The maximum Gasteiger partial charge on any atom is 0.0483 e. The number of hydrogen-bond donors (Lipinski definition) is 2. The summed E-state index contributed by atoms with van der Waals surface area (Å²) >= 11 is 0. The molecule has 0 spiro atoms. The number of aliphatic hydroxyl groups excluding tert-OH is 1. The molecule has 2 N–H and O–H groups in total. The molecule has 3 heteroatoms. The number of aromatic nitrogens is 1. The molecule has 0 atom stereocenters. The van der Waals surface area contributed by atoms with Crippen LogP contribution in [-0.2, 0) is 13.1 Å². The predicted molar refractivity (Wildman–Crippen MR) is 80.3 cm³/mol. The quantitative estimate of drug-likeness (QED) is 0.716. The first-order chi connectivity index (χ1) is 9.36. The Morgan fingerprint density at radius 2 is 2.00 bits per heavy atom. The van der Waals surface area contributed by atoms with Gasteiger partial charge in [0, 0.05) is 36.8 Å². The van der Waals surface area contributed by atoms with Gasteiger partial charge < -0.3 is 15.0 Å². The van der Waals surface area contributed by atoms with Crippen LogP contribution >= 0.6 is 0 Å². The van der Waals surface area contributed by atoms with Crippen LogP contribution in [0.15, 0.2) is 30.5 Å². The van der Waals surface area contributed by atoms with Crippen LogP contribution in [0.25, 0.3) is 10.9 Å². The molecule has 3 nitrogen and oxygen atoms in total. The average molecular weight is 260 g/mol. The van der Waals surface area contributed by atoms with Gasteiger partial charge in [-0.25, -0.2) is 0 Å². The van der Waals surface area contributed by atoms with Crippen molar-refractivity contribution >= 4 is 10.9 Å². The first-order valence-corrected chi connectivity index (χ1v) is 7.25. The predicted octanol–water partition coefficient (Wildman–Crippen LogP) is 2.91. The Balaban J connectivity index is 1.93. The monoisotopic (exact) mass is 260 g/mol. The minimum absolute atomic E-state index is 0.310. The first kappa shape index (κ1) is 14.1. The molecule has 0 bridgehead atoms. The van der Waals surface area contributed by atoms with E-state index in [0.717, 1.165) is 38.9 Å². The molecule has 1 aromatic carbocycles. The van der Waals surface area contributed by atoms with Crippen molar-refractivity contribution in [1.29, 1.82) is 0 Å². The van der Waals surface area contributed by atoms with Gasteiger partial charge >= 0.3 is 0 Å². The fourth-order valence-electron chi connectivity index (χ4n) is 2.49. The molecule has 1 aromatic heterocycles. The van der Waals surface area contributed by atoms with Crippen molar-refractivity contribution in [1.82, 2.24) is 9.88 Å². The molecular formula is C16H24N2O. The molecule has 0 amide bonds. The summed E-state index contributed by atoms with van der Waals surface area (Å²) in [5.74, 6) is 0. The summed E-state index contributed by atoms with van der Waals surface area (Å²) < 4.78 is 2.30. The molecule has 0 radical (unpaired) electrons. The molecular weight excluding hydrogens is 236 g/mol. The molecule has 0 fully saturated rings. The van der Waals surface area contributed by atoms with Crippen molar-refractivity contribution in [3.05, 3.63) is 36.0 Å². The third-order valence-corrected chi connectivity index (χ3v) is 3.54. The van der Waals surface area contributed by atoms with Gasteiger partial charge in [0.15, 0.2) is 0 Å². The maximum absolute atomic E-state index is 8.73. The van der Waals surface area contributed by atoms with Crippen LogP contribution in [-0.4, -0.2) is 22.8 Å². The topological polar surface area (TPSA) is 37.2 Å². The van der Waals surface area contributed by atoms with E-state index in [1.165, 1.54) is 16.5 Å².